The van der Waals surface area contributed by atoms with Crippen molar-refractivity contribution in [2.24, 2.45) is 0 Å². The predicted octanol–water partition coefficient (Wildman–Crippen LogP) is 3.59. The summed E-state index contributed by atoms with van der Waals surface area (Å²) in [5, 5.41) is 22.4. The summed E-state index contributed by atoms with van der Waals surface area (Å²) < 4.78 is 27.1. The van der Waals surface area contributed by atoms with Crippen molar-refractivity contribution in [3.63, 3.8) is 0 Å². The molecule has 1 aliphatic carbocycles. The number of benzene rings is 1. The minimum atomic E-state index is -0.769. The van der Waals surface area contributed by atoms with E-state index in [-0.39, 0.29) is 28.2 Å². The van der Waals surface area contributed by atoms with Gasteiger partial charge < -0.3 is 15.0 Å². The number of carbonyl (C=O) groups excluding carboxylic acids is 1. The number of aromatic nitrogens is 3. The normalized spacial score (nSPS) is 17.8. The van der Waals surface area contributed by atoms with Gasteiger partial charge in [-0.25, -0.2) is 8.78 Å². The minimum Gasteiger partial charge on any atom is -0.503 e. The Hall–Kier alpha value is -3.44. The quantitative estimate of drug-likeness (QED) is 0.352. The average Bonchev–Trinajstić information content (AvgIpc) is 3.30. The third-order valence-corrected chi connectivity index (χ3v) is 7.41. The van der Waals surface area contributed by atoms with Gasteiger partial charge in [-0.2, -0.15) is 0 Å². The van der Waals surface area contributed by atoms with Gasteiger partial charge in [-0.3, -0.25) is 14.9 Å². The predicted molar refractivity (Wildman–Crippen MR) is 128 cm³/mol. The van der Waals surface area contributed by atoms with E-state index in [1.54, 1.807) is 14.1 Å². The van der Waals surface area contributed by atoms with Crippen LogP contribution in [0.1, 0.15) is 47.2 Å². The van der Waals surface area contributed by atoms with Crippen molar-refractivity contribution in [1.29, 1.82) is 0 Å². The smallest absolute Gasteiger partial charge is 0.275 e. The largest absolute Gasteiger partial charge is 0.503 e. The van der Waals surface area contributed by atoms with Gasteiger partial charge in [-0.1, -0.05) is 29.1 Å². The lowest BCUT2D eigenvalue weighted by molar-refractivity contribution is 0.0433. The summed E-state index contributed by atoms with van der Waals surface area (Å²) >= 11 is 1.04. The zero-order chi connectivity index (χ0) is 25.3. The zero-order valence-corrected chi connectivity index (χ0v) is 20.3. The van der Waals surface area contributed by atoms with Crippen LogP contribution < -0.4 is 10.7 Å². The zero-order valence-electron chi connectivity index (χ0n) is 19.5. The first-order chi connectivity index (χ1) is 16.6. The third kappa shape index (κ3) is 4.73. The highest BCUT2D eigenvalue weighted by Crippen LogP contribution is 2.32. The van der Waals surface area contributed by atoms with E-state index in [2.05, 4.69) is 26.6 Å². The molecular weight excluding hydrogens is 476 g/mol. The molecule has 11 heteroatoms. The molecule has 1 aliphatic rings. The van der Waals surface area contributed by atoms with Crippen molar-refractivity contribution in [3.8, 4) is 16.3 Å². The molecule has 35 heavy (non-hydrogen) atoms. The highest BCUT2D eigenvalue weighted by Gasteiger charge is 2.38. The molecule has 0 fully saturated rings. The maximum atomic E-state index is 14.0. The molecule has 0 spiro atoms. The molecule has 8 nitrogen and oxygen atoms in total. The highest BCUT2D eigenvalue weighted by atomic mass is 32.1. The van der Waals surface area contributed by atoms with Gasteiger partial charge in [0.15, 0.2) is 16.5 Å². The second-order valence-corrected chi connectivity index (χ2v) is 9.63. The summed E-state index contributed by atoms with van der Waals surface area (Å²) in [4.78, 5) is 30.4. The SMILES string of the molecule is CNC1(N(C)C(=O)c2[nH]cc(-c3nnc(Cc4ccc(F)cc4F)s3)c(=O)c2O)CC=C(C)CC1. The number of aromatic hydroxyl groups is 1. The van der Waals surface area contributed by atoms with Crippen LogP contribution in [0, 0.1) is 11.6 Å². The first kappa shape index (κ1) is 24.7. The summed E-state index contributed by atoms with van der Waals surface area (Å²) in [5.74, 6) is -2.62. The topological polar surface area (TPSA) is 111 Å². The Labute approximate surface area is 204 Å². The number of H-pyrrole nitrogens is 1. The lowest BCUT2D eigenvalue weighted by atomic mass is 9.88. The molecule has 1 aromatic carbocycles. The fraction of sp³-hybridized carbons (Fsp3) is 0.333. The van der Waals surface area contributed by atoms with Crippen molar-refractivity contribution in [3.05, 3.63) is 74.2 Å². The highest BCUT2D eigenvalue weighted by molar-refractivity contribution is 7.14. The summed E-state index contributed by atoms with van der Waals surface area (Å²) in [6.45, 7) is 2.04. The molecular formula is C24H25F2N5O3S. The van der Waals surface area contributed by atoms with Gasteiger partial charge in [-0.15, -0.1) is 10.2 Å². The van der Waals surface area contributed by atoms with Crippen LogP contribution in [-0.4, -0.2) is 50.9 Å². The molecule has 2 aromatic heterocycles. The molecule has 1 unspecified atom stereocenters. The number of rotatable bonds is 6. The molecule has 1 atom stereocenters. The fourth-order valence-electron chi connectivity index (χ4n) is 4.12. The van der Waals surface area contributed by atoms with Crippen LogP contribution >= 0.6 is 11.3 Å². The van der Waals surface area contributed by atoms with Gasteiger partial charge in [0.25, 0.3) is 5.91 Å². The van der Waals surface area contributed by atoms with Gasteiger partial charge in [0.2, 0.25) is 5.43 Å². The maximum absolute atomic E-state index is 14.0. The minimum absolute atomic E-state index is 0.0320. The molecule has 0 saturated carbocycles. The van der Waals surface area contributed by atoms with Crippen LogP contribution in [0.4, 0.5) is 8.78 Å². The van der Waals surface area contributed by atoms with Gasteiger partial charge in [0, 0.05) is 32.2 Å². The van der Waals surface area contributed by atoms with E-state index in [4.69, 9.17) is 0 Å². The molecule has 184 valence electrons. The Balaban J connectivity index is 1.59. The Morgan fingerprint density at radius 2 is 2.11 bits per heavy atom. The molecule has 0 radical (unpaired) electrons. The molecule has 2 heterocycles. The molecule has 0 bridgehead atoms. The van der Waals surface area contributed by atoms with Crippen LogP contribution in [0.3, 0.4) is 0 Å². The van der Waals surface area contributed by atoms with Crippen molar-refractivity contribution in [2.45, 2.75) is 38.3 Å². The van der Waals surface area contributed by atoms with E-state index in [1.807, 2.05) is 6.92 Å². The fourth-order valence-corrected chi connectivity index (χ4v) is 4.99. The Morgan fingerprint density at radius 3 is 2.77 bits per heavy atom. The molecule has 0 saturated heterocycles. The standard InChI is InChI=1S/C24H25F2N5O3S/c1-13-6-8-24(27-2,9-7-13)31(3)23(34)19-21(33)20(32)16(12-28-19)22-30-29-18(35-22)10-14-4-5-15(25)11-17(14)26/h4-6,11-12,27,33H,7-10H2,1-3H3,(H,28,32). The van der Waals surface area contributed by atoms with Crippen molar-refractivity contribution < 1.29 is 18.7 Å². The summed E-state index contributed by atoms with van der Waals surface area (Å²) in [6.07, 6.45) is 5.56. The van der Waals surface area contributed by atoms with E-state index in [9.17, 15) is 23.5 Å². The summed E-state index contributed by atoms with van der Waals surface area (Å²) in [6, 6.07) is 3.26. The number of aromatic amines is 1. The molecule has 0 aliphatic heterocycles. The summed E-state index contributed by atoms with van der Waals surface area (Å²) in [7, 11) is 3.40. The van der Waals surface area contributed by atoms with Crippen LogP contribution in [-0.2, 0) is 6.42 Å². The van der Waals surface area contributed by atoms with E-state index in [0.717, 1.165) is 29.9 Å². The molecule has 1 amide bonds. The van der Waals surface area contributed by atoms with Gasteiger partial charge in [-0.05, 0) is 38.4 Å². The van der Waals surface area contributed by atoms with Gasteiger partial charge in [0.1, 0.15) is 16.6 Å². The summed E-state index contributed by atoms with van der Waals surface area (Å²) in [5.41, 5.74) is -0.113. The number of halogens is 2. The van der Waals surface area contributed by atoms with E-state index in [1.165, 1.54) is 22.7 Å². The van der Waals surface area contributed by atoms with Crippen LogP contribution in [0.5, 0.6) is 5.75 Å². The molecule has 4 rings (SSSR count). The number of amides is 1. The van der Waals surface area contributed by atoms with E-state index < -0.39 is 34.4 Å². The first-order valence-corrected chi connectivity index (χ1v) is 11.8. The molecule has 3 aromatic rings. The van der Waals surface area contributed by atoms with Crippen LogP contribution in [0.15, 0.2) is 40.8 Å². The van der Waals surface area contributed by atoms with Gasteiger partial charge >= 0.3 is 0 Å². The first-order valence-electron chi connectivity index (χ1n) is 11.0. The van der Waals surface area contributed by atoms with Crippen molar-refractivity contribution in [1.82, 2.24) is 25.4 Å². The molecule has 3 N–H and O–H groups in total. The Bertz CT molecular complexity index is 1370. The van der Waals surface area contributed by atoms with Crippen LogP contribution in [0.25, 0.3) is 10.6 Å². The van der Waals surface area contributed by atoms with E-state index in [0.29, 0.717) is 17.8 Å². The Kier molecular flexibility index (Phi) is 6.82. The van der Waals surface area contributed by atoms with Crippen molar-refractivity contribution >= 4 is 17.2 Å². The second kappa shape index (κ2) is 9.67. The maximum Gasteiger partial charge on any atom is 0.275 e. The monoisotopic (exact) mass is 501 g/mol. The second-order valence-electron chi connectivity index (χ2n) is 8.57. The van der Waals surface area contributed by atoms with Crippen LogP contribution in [0.2, 0.25) is 0 Å². The lowest BCUT2D eigenvalue weighted by Gasteiger charge is -2.43. The Morgan fingerprint density at radius 1 is 1.34 bits per heavy atom. The number of nitrogens with zero attached hydrogens (tertiary/aromatic N) is 3. The lowest BCUT2D eigenvalue weighted by Crippen LogP contribution is -2.58. The number of hydrogen-bond donors (Lipinski definition) is 3. The van der Waals surface area contributed by atoms with E-state index >= 15 is 0 Å². The number of hydrogen-bond acceptors (Lipinski definition) is 7. The van der Waals surface area contributed by atoms with Gasteiger partial charge in [0.05, 0.1) is 11.2 Å². The number of allylic oxidation sites excluding steroid dienone is 1. The number of pyridine rings is 1. The van der Waals surface area contributed by atoms with Crippen molar-refractivity contribution in [2.75, 3.05) is 14.1 Å². The number of carbonyl (C=O) groups is 1. The number of nitrogens with one attached hydrogen (secondary N) is 2. The average molecular weight is 502 g/mol. The third-order valence-electron chi connectivity index (χ3n) is 6.46.